The number of nitrogens with zero attached hydrogens (tertiary/aromatic N) is 3. The summed E-state index contributed by atoms with van der Waals surface area (Å²) in [6, 6.07) is -0.690. The Bertz CT molecular complexity index is 798. The van der Waals surface area contributed by atoms with E-state index in [2.05, 4.69) is 4.98 Å². The highest BCUT2D eigenvalue weighted by Gasteiger charge is 2.37. The van der Waals surface area contributed by atoms with Crippen LogP contribution in [-0.4, -0.2) is 86.8 Å². The van der Waals surface area contributed by atoms with Gasteiger partial charge in [0.1, 0.15) is 5.75 Å². The molecule has 0 saturated heterocycles. The molecule has 3 N–H and O–H groups in total. The summed E-state index contributed by atoms with van der Waals surface area (Å²) >= 11 is 0. The molecule has 10 nitrogen and oxygen atoms in total. The molecule has 0 amide bonds. The summed E-state index contributed by atoms with van der Waals surface area (Å²) in [5.41, 5.74) is 2.37. The lowest BCUT2D eigenvalue weighted by Crippen LogP contribution is -2.56. The minimum absolute atomic E-state index is 0.240. The monoisotopic (exact) mass is 437 g/mol. The Morgan fingerprint density at radius 2 is 1.45 bits per heavy atom. The second-order valence-electron chi connectivity index (χ2n) is 7.96. The summed E-state index contributed by atoms with van der Waals surface area (Å²) in [7, 11) is 1.57. The van der Waals surface area contributed by atoms with Crippen molar-refractivity contribution in [2.75, 3.05) is 26.7 Å². The third kappa shape index (κ3) is 6.63. The third-order valence-corrected chi connectivity index (χ3v) is 5.75. The number of hydrogen-bond acceptors (Lipinski definition) is 7. The van der Waals surface area contributed by atoms with Crippen LogP contribution in [0.2, 0.25) is 0 Å². The average molecular weight is 437 g/mol. The molecule has 0 spiro atoms. The molecule has 172 valence electrons. The van der Waals surface area contributed by atoms with Gasteiger partial charge in [-0.05, 0) is 26.7 Å². The minimum atomic E-state index is -1.11. The number of hydrogen-bond donors (Lipinski definition) is 3. The van der Waals surface area contributed by atoms with Gasteiger partial charge in [0.2, 0.25) is 0 Å². The van der Waals surface area contributed by atoms with E-state index in [9.17, 15) is 29.7 Å². The van der Waals surface area contributed by atoms with Crippen molar-refractivity contribution in [3.8, 4) is 5.75 Å². The number of aliphatic carboxylic acids is 3. The van der Waals surface area contributed by atoms with E-state index in [1.54, 1.807) is 18.2 Å². The molecule has 0 bridgehead atoms. The fraction of sp³-hybridized carbons (Fsp3) is 0.619. The van der Waals surface area contributed by atoms with Crippen LogP contribution in [0.5, 0.6) is 5.75 Å². The van der Waals surface area contributed by atoms with Crippen LogP contribution in [0, 0.1) is 13.8 Å². The predicted octanol–water partition coefficient (Wildman–Crippen LogP) is 1.38. The highest BCUT2D eigenvalue weighted by atomic mass is 16.5. The maximum absolute atomic E-state index is 11.6. The van der Waals surface area contributed by atoms with E-state index >= 15 is 0 Å². The van der Waals surface area contributed by atoms with Gasteiger partial charge in [-0.25, -0.2) is 0 Å². The lowest BCUT2D eigenvalue weighted by molar-refractivity contribution is -0.146. The topological polar surface area (TPSA) is 140 Å². The largest absolute Gasteiger partial charge is 0.496 e. The second-order valence-corrected chi connectivity index (χ2v) is 7.96. The summed E-state index contributed by atoms with van der Waals surface area (Å²) in [4.78, 5) is 42.0. The van der Waals surface area contributed by atoms with Crippen LogP contribution in [0.1, 0.15) is 42.5 Å². The molecule has 0 aromatic carbocycles. The number of carboxylic acids is 3. The van der Waals surface area contributed by atoms with Gasteiger partial charge in [-0.2, -0.15) is 0 Å². The normalized spacial score (nSPS) is 18.9. The van der Waals surface area contributed by atoms with Crippen LogP contribution in [0.25, 0.3) is 0 Å². The average Bonchev–Trinajstić information content (AvgIpc) is 2.68. The van der Waals surface area contributed by atoms with E-state index in [4.69, 9.17) is 4.74 Å². The molecule has 1 aromatic rings. The van der Waals surface area contributed by atoms with Crippen LogP contribution in [-0.2, 0) is 20.9 Å². The first kappa shape index (κ1) is 24.5. The van der Waals surface area contributed by atoms with Crippen molar-refractivity contribution in [3.63, 3.8) is 0 Å². The Hall–Kier alpha value is -2.72. The molecule has 0 radical (unpaired) electrons. The molecular formula is C21H31N3O7. The number of carboxylic acid groups (broad SMARTS) is 3. The van der Waals surface area contributed by atoms with Crippen molar-refractivity contribution < 1.29 is 34.4 Å². The first-order valence-electron chi connectivity index (χ1n) is 10.3. The molecule has 1 saturated carbocycles. The van der Waals surface area contributed by atoms with E-state index in [-0.39, 0.29) is 25.2 Å². The molecular weight excluding hydrogens is 406 g/mol. The fourth-order valence-corrected chi connectivity index (χ4v) is 4.47. The van der Waals surface area contributed by atoms with Crippen molar-refractivity contribution in [2.45, 2.75) is 58.2 Å². The Morgan fingerprint density at radius 3 is 1.94 bits per heavy atom. The molecule has 1 aliphatic carbocycles. The van der Waals surface area contributed by atoms with E-state index in [1.165, 1.54) is 4.90 Å². The molecule has 0 aliphatic heterocycles. The number of carbonyl (C=O) groups is 3. The van der Waals surface area contributed by atoms with Gasteiger partial charge in [-0.1, -0.05) is 12.8 Å². The standard InChI is InChI=1S/C21H31N3O7/c1-13-8-22-15(14(2)21(13)31-3)9-23(10-18(25)26)16-6-4-5-7-17(16)24(11-19(27)28)12-20(29)30/h8,16-17H,4-7,9-12H2,1-3H3,(H,25,26)(H,27,28)(H,29,30)/t16-,17-/m1/s1. The van der Waals surface area contributed by atoms with Crippen LogP contribution < -0.4 is 4.74 Å². The highest BCUT2D eigenvalue weighted by molar-refractivity contribution is 5.72. The maximum atomic E-state index is 11.6. The van der Waals surface area contributed by atoms with Crippen LogP contribution >= 0.6 is 0 Å². The van der Waals surface area contributed by atoms with Gasteiger partial charge < -0.3 is 20.1 Å². The van der Waals surface area contributed by atoms with Gasteiger partial charge in [0.25, 0.3) is 0 Å². The summed E-state index contributed by atoms with van der Waals surface area (Å²) in [5, 5.41) is 28.1. The highest BCUT2D eigenvalue weighted by Crippen LogP contribution is 2.30. The van der Waals surface area contributed by atoms with Crippen molar-refractivity contribution in [1.29, 1.82) is 0 Å². The van der Waals surface area contributed by atoms with Gasteiger partial charge in [0.05, 0.1) is 32.4 Å². The van der Waals surface area contributed by atoms with Gasteiger partial charge in [-0.15, -0.1) is 0 Å². The number of aromatic nitrogens is 1. The first-order chi connectivity index (χ1) is 14.6. The minimum Gasteiger partial charge on any atom is -0.496 e. The molecule has 1 heterocycles. The molecule has 0 unspecified atom stereocenters. The van der Waals surface area contributed by atoms with E-state index < -0.39 is 31.0 Å². The second kappa shape index (κ2) is 11.1. The molecule has 2 atom stereocenters. The number of ether oxygens (including phenoxy) is 1. The van der Waals surface area contributed by atoms with Crippen molar-refractivity contribution in [1.82, 2.24) is 14.8 Å². The van der Waals surface area contributed by atoms with Crippen LogP contribution in [0.4, 0.5) is 0 Å². The van der Waals surface area contributed by atoms with Gasteiger partial charge in [-0.3, -0.25) is 29.2 Å². The Kier molecular flexibility index (Phi) is 8.76. The smallest absolute Gasteiger partial charge is 0.317 e. The molecule has 10 heteroatoms. The Morgan fingerprint density at radius 1 is 0.968 bits per heavy atom. The lowest BCUT2D eigenvalue weighted by Gasteiger charge is -2.43. The van der Waals surface area contributed by atoms with Crippen molar-refractivity contribution in [3.05, 3.63) is 23.0 Å². The SMILES string of the molecule is COc1c(C)cnc(CN(CC(=O)O)[C@@H]2CCCC[C@H]2N(CC(=O)O)CC(=O)O)c1C. The van der Waals surface area contributed by atoms with E-state index in [1.807, 2.05) is 13.8 Å². The summed E-state index contributed by atoms with van der Waals surface area (Å²) in [5.74, 6) is -2.55. The first-order valence-corrected chi connectivity index (χ1v) is 10.3. The van der Waals surface area contributed by atoms with Gasteiger partial charge >= 0.3 is 17.9 Å². The Labute approximate surface area is 181 Å². The predicted molar refractivity (Wildman–Crippen MR) is 111 cm³/mol. The number of aryl methyl sites for hydroxylation is 1. The quantitative estimate of drug-likeness (QED) is 0.465. The molecule has 1 aromatic heterocycles. The lowest BCUT2D eigenvalue weighted by atomic mass is 9.87. The molecule has 1 fully saturated rings. The van der Waals surface area contributed by atoms with Crippen molar-refractivity contribution >= 4 is 17.9 Å². The van der Waals surface area contributed by atoms with Gasteiger partial charge in [0, 0.05) is 36.0 Å². The number of rotatable bonds is 11. The zero-order valence-corrected chi connectivity index (χ0v) is 18.2. The van der Waals surface area contributed by atoms with E-state index in [0.717, 1.165) is 24.0 Å². The number of pyridine rings is 1. The Balaban J connectivity index is 2.38. The summed E-state index contributed by atoms with van der Waals surface area (Å²) in [6.07, 6.45) is 4.61. The summed E-state index contributed by atoms with van der Waals surface area (Å²) < 4.78 is 5.46. The van der Waals surface area contributed by atoms with Crippen molar-refractivity contribution in [2.24, 2.45) is 0 Å². The molecule has 1 aliphatic rings. The number of methoxy groups -OCH3 is 1. The van der Waals surface area contributed by atoms with E-state index in [0.29, 0.717) is 24.3 Å². The van der Waals surface area contributed by atoms with Gasteiger partial charge in [0.15, 0.2) is 0 Å². The zero-order chi connectivity index (χ0) is 23.1. The van der Waals surface area contributed by atoms with Crippen LogP contribution in [0.15, 0.2) is 6.20 Å². The fourth-order valence-electron chi connectivity index (χ4n) is 4.47. The molecule has 2 rings (SSSR count). The maximum Gasteiger partial charge on any atom is 0.317 e. The summed E-state index contributed by atoms with van der Waals surface area (Å²) in [6.45, 7) is 2.90. The zero-order valence-electron chi connectivity index (χ0n) is 18.2. The third-order valence-electron chi connectivity index (χ3n) is 5.75. The molecule has 31 heavy (non-hydrogen) atoms. The van der Waals surface area contributed by atoms with Crippen LogP contribution in [0.3, 0.4) is 0 Å².